The molecule has 6 heteroatoms. The third-order valence-corrected chi connectivity index (χ3v) is 0.884. The molecule has 0 amide bonds. The van der Waals surface area contributed by atoms with Gasteiger partial charge in [-0.1, -0.05) is 0 Å². The summed E-state index contributed by atoms with van der Waals surface area (Å²) in [6, 6.07) is 0. The Bertz CT molecular complexity index is 314. The van der Waals surface area contributed by atoms with Crippen molar-refractivity contribution in [3.63, 3.8) is 0 Å². The molecule has 0 atom stereocenters. The van der Waals surface area contributed by atoms with E-state index in [9.17, 15) is 9.59 Å². The van der Waals surface area contributed by atoms with Crippen LogP contribution in [0.5, 0.6) is 0 Å². The molecule has 0 unspecified atom stereocenters. The van der Waals surface area contributed by atoms with Gasteiger partial charge in [0.15, 0.2) is 0 Å². The maximum atomic E-state index is 10.4. The number of carboxylic acids is 1. The zero-order chi connectivity index (χ0) is 7.56. The summed E-state index contributed by atoms with van der Waals surface area (Å²) in [6.45, 7) is 0. The van der Waals surface area contributed by atoms with Crippen LogP contribution < -0.4 is 35.1 Å². The van der Waals surface area contributed by atoms with Crippen LogP contribution in [-0.2, 0) is 0 Å². The van der Waals surface area contributed by atoms with Crippen LogP contribution in [0.4, 0.5) is 0 Å². The van der Waals surface area contributed by atoms with Gasteiger partial charge in [0, 0.05) is 0 Å². The van der Waals surface area contributed by atoms with Crippen molar-refractivity contribution in [1.29, 1.82) is 0 Å². The van der Waals surface area contributed by atoms with E-state index in [1.165, 1.54) is 0 Å². The van der Waals surface area contributed by atoms with Gasteiger partial charge in [-0.05, 0) is 0 Å². The SMILES string of the molecule is O=C(O)c1cncc(=O)[nH]1.[H-].[Na+]. The average molecular weight is 164 g/mol. The first-order valence-electron chi connectivity index (χ1n) is 2.48. The van der Waals surface area contributed by atoms with Gasteiger partial charge in [0.25, 0.3) is 5.56 Å². The summed E-state index contributed by atoms with van der Waals surface area (Å²) >= 11 is 0. The Kier molecular flexibility index (Phi) is 4.02. The van der Waals surface area contributed by atoms with Crippen LogP contribution in [0.3, 0.4) is 0 Å². The molecular weight excluding hydrogens is 159 g/mol. The standard InChI is InChI=1S/C5H4N2O3.Na.H/c8-4-2-6-1-3(7-4)5(9)10;;/h1-2H,(H,7,8)(H,9,10);;/q;+1;-1. The molecule has 1 heterocycles. The summed E-state index contributed by atoms with van der Waals surface area (Å²) in [5, 5.41) is 8.30. The Morgan fingerprint density at radius 1 is 1.64 bits per heavy atom. The van der Waals surface area contributed by atoms with Crippen LogP contribution >= 0.6 is 0 Å². The first-order chi connectivity index (χ1) is 4.70. The van der Waals surface area contributed by atoms with Crippen LogP contribution in [-0.4, -0.2) is 21.0 Å². The van der Waals surface area contributed by atoms with Gasteiger partial charge in [0.05, 0.1) is 12.4 Å². The number of carbonyl (C=O) groups is 1. The Morgan fingerprint density at radius 2 is 2.27 bits per heavy atom. The van der Waals surface area contributed by atoms with Crippen molar-refractivity contribution in [3.05, 3.63) is 28.4 Å². The minimum atomic E-state index is -1.19. The predicted octanol–water partition coefficient (Wildman–Crippen LogP) is -3.42. The molecule has 0 fully saturated rings. The van der Waals surface area contributed by atoms with Gasteiger partial charge in [0.2, 0.25) is 0 Å². The van der Waals surface area contributed by atoms with Crippen molar-refractivity contribution in [1.82, 2.24) is 9.97 Å². The minimum absolute atomic E-state index is 0. The zero-order valence-electron chi connectivity index (χ0n) is 6.87. The van der Waals surface area contributed by atoms with Gasteiger partial charge in [-0.2, -0.15) is 0 Å². The molecule has 0 aliphatic heterocycles. The van der Waals surface area contributed by atoms with Crippen LogP contribution in [0.15, 0.2) is 17.2 Å². The van der Waals surface area contributed by atoms with E-state index in [-0.39, 0.29) is 36.7 Å². The molecule has 1 rings (SSSR count). The fourth-order valence-corrected chi connectivity index (χ4v) is 0.485. The molecule has 2 N–H and O–H groups in total. The molecule has 0 bridgehead atoms. The normalized spacial score (nSPS) is 8.36. The molecule has 1 aromatic rings. The number of aromatic amines is 1. The first kappa shape index (κ1) is 10.3. The number of hydrogen-bond acceptors (Lipinski definition) is 3. The number of carboxylic acid groups (broad SMARTS) is 1. The number of H-pyrrole nitrogens is 1. The molecule has 1 aromatic heterocycles. The number of nitrogens with one attached hydrogen (secondary N) is 1. The van der Waals surface area contributed by atoms with E-state index in [0.29, 0.717) is 0 Å². The summed E-state index contributed by atoms with van der Waals surface area (Å²) in [7, 11) is 0. The Hall–Kier alpha value is -0.650. The van der Waals surface area contributed by atoms with E-state index >= 15 is 0 Å². The fraction of sp³-hybridized carbons (Fsp3) is 0. The van der Waals surface area contributed by atoms with Gasteiger partial charge < -0.3 is 11.5 Å². The Balaban J connectivity index is 0. The van der Waals surface area contributed by atoms with E-state index in [4.69, 9.17) is 5.11 Å². The summed E-state index contributed by atoms with van der Waals surface area (Å²) < 4.78 is 0. The van der Waals surface area contributed by atoms with Gasteiger partial charge in [-0.25, -0.2) is 4.79 Å². The maximum absolute atomic E-state index is 10.4. The second-order valence-corrected chi connectivity index (χ2v) is 1.62. The third-order valence-electron chi connectivity index (χ3n) is 0.884. The van der Waals surface area contributed by atoms with Crippen molar-refractivity contribution in [2.75, 3.05) is 0 Å². The summed E-state index contributed by atoms with van der Waals surface area (Å²) in [5.74, 6) is -1.19. The van der Waals surface area contributed by atoms with E-state index < -0.39 is 11.5 Å². The number of hydrogen-bond donors (Lipinski definition) is 2. The molecule has 54 valence electrons. The van der Waals surface area contributed by atoms with Crippen LogP contribution in [0.1, 0.15) is 11.9 Å². The molecule has 11 heavy (non-hydrogen) atoms. The monoisotopic (exact) mass is 164 g/mol. The van der Waals surface area contributed by atoms with E-state index in [0.717, 1.165) is 12.4 Å². The molecular formula is C5H5N2NaO3. The number of aromatic nitrogens is 2. The van der Waals surface area contributed by atoms with E-state index in [2.05, 4.69) is 9.97 Å². The third kappa shape index (κ3) is 2.83. The minimum Gasteiger partial charge on any atom is -1.00 e. The number of rotatable bonds is 1. The molecule has 0 aromatic carbocycles. The molecule has 0 saturated heterocycles. The fourth-order valence-electron chi connectivity index (χ4n) is 0.485. The summed E-state index contributed by atoms with van der Waals surface area (Å²) in [4.78, 5) is 26.0. The van der Waals surface area contributed by atoms with Crippen molar-refractivity contribution < 1.29 is 40.9 Å². The summed E-state index contributed by atoms with van der Waals surface area (Å²) in [5.41, 5.74) is -0.715. The van der Waals surface area contributed by atoms with Gasteiger partial charge in [0.1, 0.15) is 5.69 Å². The molecule has 0 saturated carbocycles. The quantitative estimate of drug-likeness (QED) is 0.423. The molecule has 0 spiro atoms. The smallest absolute Gasteiger partial charge is 1.00 e. The van der Waals surface area contributed by atoms with Crippen molar-refractivity contribution in [2.24, 2.45) is 0 Å². The van der Waals surface area contributed by atoms with E-state index in [1.807, 2.05) is 0 Å². The molecule has 0 aliphatic rings. The van der Waals surface area contributed by atoms with E-state index in [1.54, 1.807) is 0 Å². The zero-order valence-corrected chi connectivity index (χ0v) is 7.87. The van der Waals surface area contributed by atoms with Crippen molar-refractivity contribution in [2.45, 2.75) is 0 Å². The maximum Gasteiger partial charge on any atom is 1.00 e. The predicted molar refractivity (Wildman–Crippen MR) is 32.9 cm³/mol. The van der Waals surface area contributed by atoms with Crippen molar-refractivity contribution in [3.8, 4) is 0 Å². The Labute approximate surface area is 85.3 Å². The molecule has 0 aliphatic carbocycles. The van der Waals surface area contributed by atoms with Gasteiger partial charge in [-0.15, -0.1) is 0 Å². The second-order valence-electron chi connectivity index (χ2n) is 1.62. The summed E-state index contributed by atoms with van der Waals surface area (Å²) in [6.07, 6.45) is 2.08. The van der Waals surface area contributed by atoms with Crippen LogP contribution in [0, 0.1) is 0 Å². The van der Waals surface area contributed by atoms with Gasteiger partial charge >= 0.3 is 35.5 Å². The molecule has 0 radical (unpaired) electrons. The second kappa shape index (κ2) is 4.27. The average Bonchev–Trinajstić information content (AvgIpc) is 1.88. The topological polar surface area (TPSA) is 83.0 Å². The van der Waals surface area contributed by atoms with Crippen LogP contribution in [0.25, 0.3) is 0 Å². The number of nitrogens with zero attached hydrogens (tertiary/aromatic N) is 1. The van der Waals surface area contributed by atoms with Crippen molar-refractivity contribution >= 4 is 5.97 Å². The number of aromatic carboxylic acids is 1. The molecule has 5 nitrogen and oxygen atoms in total. The largest absolute Gasteiger partial charge is 1.00 e. The van der Waals surface area contributed by atoms with Gasteiger partial charge in [-0.3, -0.25) is 9.78 Å². The first-order valence-corrected chi connectivity index (χ1v) is 2.48. The Morgan fingerprint density at radius 3 is 2.64 bits per heavy atom. The van der Waals surface area contributed by atoms with Crippen LogP contribution in [0.2, 0.25) is 0 Å².